The molecule has 0 saturated heterocycles. The molecule has 2 N–H and O–H groups in total. The molecule has 5 heteroatoms. The summed E-state index contributed by atoms with van der Waals surface area (Å²) >= 11 is 0. The molecule has 0 saturated carbocycles. The number of anilines is 1. The predicted octanol–water partition coefficient (Wildman–Crippen LogP) is 0.0973. The Balaban J connectivity index is 2.98. The van der Waals surface area contributed by atoms with E-state index in [0.29, 0.717) is 21.6 Å². The SMILES string of the molecule is Cc1ccc2c(c1N)n(C)n[n+]2[O-]. The first-order chi connectivity index (χ1) is 6.11. The van der Waals surface area contributed by atoms with Crippen LogP contribution in [0.3, 0.4) is 0 Å². The van der Waals surface area contributed by atoms with E-state index in [1.165, 1.54) is 4.68 Å². The molecule has 0 atom stereocenters. The molecule has 0 radical (unpaired) electrons. The van der Waals surface area contributed by atoms with Gasteiger partial charge in [0.15, 0.2) is 0 Å². The summed E-state index contributed by atoms with van der Waals surface area (Å²) in [6, 6.07) is 3.54. The molecule has 1 heterocycles. The number of aryl methyl sites for hydroxylation is 2. The Morgan fingerprint density at radius 1 is 1.54 bits per heavy atom. The van der Waals surface area contributed by atoms with Crippen LogP contribution in [0.5, 0.6) is 0 Å². The highest BCUT2D eigenvalue weighted by molar-refractivity contribution is 5.86. The van der Waals surface area contributed by atoms with Gasteiger partial charge in [0.1, 0.15) is 7.05 Å². The van der Waals surface area contributed by atoms with E-state index >= 15 is 0 Å². The van der Waals surface area contributed by atoms with Crippen molar-refractivity contribution in [3.63, 3.8) is 0 Å². The zero-order chi connectivity index (χ0) is 9.59. The van der Waals surface area contributed by atoms with Gasteiger partial charge in [0.2, 0.25) is 11.0 Å². The van der Waals surface area contributed by atoms with Gasteiger partial charge < -0.3 is 10.9 Å². The molecule has 1 aromatic carbocycles. The molecule has 0 fully saturated rings. The number of nitrogens with two attached hydrogens (primary N) is 1. The Morgan fingerprint density at radius 2 is 2.23 bits per heavy atom. The first-order valence-electron chi connectivity index (χ1n) is 3.93. The fraction of sp³-hybridized carbons (Fsp3) is 0.250. The molecular formula is C8H10N4O. The van der Waals surface area contributed by atoms with Crippen molar-refractivity contribution in [3.05, 3.63) is 22.9 Å². The first kappa shape index (κ1) is 7.85. The van der Waals surface area contributed by atoms with E-state index in [9.17, 15) is 5.21 Å². The lowest BCUT2D eigenvalue weighted by Gasteiger charge is -1.98. The lowest BCUT2D eigenvalue weighted by Crippen LogP contribution is -2.29. The minimum atomic E-state index is 0.505. The Kier molecular flexibility index (Phi) is 1.42. The van der Waals surface area contributed by atoms with Crippen molar-refractivity contribution in [1.29, 1.82) is 0 Å². The van der Waals surface area contributed by atoms with Gasteiger partial charge in [-0.15, -0.1) is 9.53 Å². The van der Waals surface area contributed by atoms with Crippen molar-refractivity contribution in [2.24, 2.45) is 7.05 Å². The van der Waals surface area contributed by atoms with Gasteiger partial charge in [-0.1, -0.05) is 6.07 Å². The number of rotatable bonds is 0. The zero-order valence-electron chi connectivity index (χ0n) is 7.48. The molecule has 68 valence electrons. The number of fused-ring (bicyclic) bond motifs is 1. The van der Waals surface area contributed by atoms with Crippen molar-refractivity contribution in [3.8, 4) is 0 Å². The van der Waals surface area contributed by atoms with Crippen molar-refractivity contribution in [2.45, 2.75) is 6.92 Å². The summed E-state index contributed by atoms with van der Waals surface area (Å²) in [5, 5.41) is 14.9. The Morgan fingerprint density at radius 3 is 2.92 bits per heavy atom. The maximum Gasteiger partial charge on any atom is 0.221 e. The van der Waals surface area contributed by atoms with Gasteiger partial charge in [-0.3, -0.25) is 0 Å². The quantitative estimate of drug-likeness (QED) is 0.353. The molecular weight excluding hydrogens is 168 g/mol. The summed E-state index contributed by atoms with van der Waals surface area (Å²) in [7, 11) is 1.70. The van der Waals surface area contributed by atoms with Crippen molar-refractivity contribution >= 4 is 16.7 Å². The van der Waals surface area contributed by atoms with Crippen molar-refractivity contribution in [2.75, 3.05) is 5.73 Å². The van der Waals surface area contributed by atoms with E-state index in [-0.39, 0.29) is 0 Å². The molecule has 2 rings (SSSR count). The largest absolute Gasteiger partial charge is 0.691 e. The monoisotopic (exact) mass is 178 g/mol. The lowest BCUT2D eigenvalue weighted by atomic mass is 10.2. The van der Waals surface area contributed by atoms with E-state index in [1.807, 2.05) is 13.0 Å². The van der Waals surface area contributed by atoms with Crippen LogP contribution in [0.1, 0.15) is 5.56 Å². The van der Waals surface area contributed by atoms with Crippen LogP contribution in [0.15, 0.2) is 12.1 Å². The van der Waals surface area contributed by atoms with E-state index in [1.54, 1.807) is 13.1 Å². The van der Waals surface area contributed by atoms with Crippen LogP contribution >= 0.6 is 0 Å². The molecule has 0 aliphatic carbocycles. The highest BCUT2D eigenvalue weighted by Gasteiger charge is 2.14. The Labute approximate surface area is 74.9 Å². The van der Waals surface area contributed by atoms with Gasteiger partial charge in [0.25, 0.3) is 0 Å². The second-order valence-electron chi connectivity index (χ2n) is 3.05. The molecule has 0 amide bonds. The van der Waals surface area contributed by atoms with Crippen molar-refractivity contribution in [1.82, 2.24) is 9.90 Å². The Hall–Kier alpha value is -1.78. The standard InChI is InChI=1S/C8H10N4O/c1-5-3-4-6-8(7(5)9)11(2)10-12(6)13/h3-4H,9H2,1-2H3. The van der Waals surface area contributed by atoms with Crippen LogP contribution in [0.25, 0.3) is 11.0 Å². The van der Waals surface area contributed by atoms with Crippen LogP contribution in [-0.2, 0) is 7.05 Å². The number of benzene rings is 1. The molecule has 0 aliphatic rings. The van der Waals surface area contributed by atoms with Gasteiger partial charge in [0, 0.05) is 0 Å². The van der Waals surface area contributed by atoms with E-state index in [0.717, 1.165) is 5.56 Å². The fourth-order valence-corrected chi connectivity index (χ4v) is 1.41. The number of hydrogen-bond donors (Lipinski definition) is 1. The maximum atomic E-state index is 11.2. The summed E-state index contributed by atoms with van der Waals surface area (Å²) in [5.74, 6) is 0. The summed E-state index contributed by atoms with van der Waals surface area (Å²) in [6.07, 6.45) is 0. The van der Waals surface area contributed by atoms with Crippen LogP contribution in [0.2, 0.25) is 0 Å². The van der Waals surface area contributed by atoms with Gasteiger partial charge in [-0.2, -0.15) is 0 Å². The number of nitrogens with zero attached hydrogens (tertiary/aromatic N) is 3. The zero-order valence-corrected chi connectivity index (χ0v) is 7.48. The third-order valence-electron chi connectivity index (χ3n) is 2.16. The number of hydrogen-bond acceptors (Lipinski definition) is 3. The average Bonchev–Trinajstić information content (AvgIpc) is 2.35. The van der Waals surface area contributed by atoms with Gasteiger partial charge >= 0.3 is 0 Å². The van der Waals surface area contributed by atoms with E-state index < -0.39 is 0 Å². The van der Waals surface area contributed by atoms with Gasteiger partial charge in [-0.05, 0) is 18.6 Å². The molecule has 1 aromatic heterocycles. The minimum Gasteiger partial charge on any atom is -0.691 e. The number of aromatic nitrogens is 3. The third kappa shape index (κ3) is 0.932. The highest BCUT2D eigenvalue weighted by Crippen LogP contribution is 2.20. The van der Waals surface area contributed by atoms with Gasteiger partial charge in [0.05, 0.1) is 10.9 Å². The third-order valence-corrected chi connectivity index (χ3v) is 2.16. The normalized spacial score (nSPS) is 10.9. The second kappa shape index (κ2) is 2.35. The molecule has 0 aliphatic heterocycles. The predicted molar refractivity (Wildman–Crippen MR) is 48.8 cm³/mol. The summed E-state index contributed by atoms with van der Waals surface area (Å²) < 4.78 is 1.49. The average molecular weight is 178 g/mol. The van der Waals surface area contributed by atoms with Crippen LogP contribution in [-0.4, -0.2) is 9.90 Å². The molecule has 2 aromatic rings. The van der Waals surface area contributed by atoms with E-state index in [2.05, 4.69) is 5.21 Å². The second-order valence-corrected chi connectivity index (χ2v) is 3.05. The fourth-order valence-electron chi connectivity index (χ4n) is 1.41. The van der Waals surface area contributed by atoms with Crippen LogP contribution in [0, 0.1) is 12.1 Å². The van der Waals surface area contributed by atoms with Crippen molar-refractivity contribution < 1.29 is 4.85 Å². The summed E-state index contributed by atoms with van der Waals surface area (Å²) in [5.41, 5.74) is 8.58. The Bertz CT molecular complexity index is 474. The highest BCUT2D eigenvalue weighted by atomic mass is 16.5. The molecule has 0 unspecified atom stereocenters. The maximum absolute atomic E-state index is 11.2. The minimum absolute atomic E-state index is 0.505. The first-order valence-corrected chi connectivity index (χ1v) is 3.93. The van der Waals surface area contributed by atoms with E-state index in [4.69, 9.17) is 5.73 Å². The molecule has 0 spiro atoms. The summed E-state index contributed by atoms with van der Waals surface area (Å²) in [4.78, 5) is 0.575. The number of nitrogen functional groups attached to an aromatic ring is 1. The molecule has 5 nitrogen and oxygen atoms in total. The van der Waals surface area contributed by atoms with Crippen LogP contribution in [0.4, 0.5) is 5.69 Å². The molecule has 13 heavy (non-hydrogen) atoms. The molecule has 0 bridgehead atoms. The topological polar surface area (TPSA) is 70.8 Å². The van der Waals surface area contributed by atoms with Gasteiger partial charge in [-0.25, -0.2) is 0 Å². The van der Waals surface area contributed by atoms with Crippen LogP contribution < -0.4 is 10.6 Å². The summed E-state index contributed by atoms with van der Waals surface area (Å²) in [6.45, 7) is 1.90. The smallest absolute Gasteiger partial charge is 0.221 e. The lowest BCUT2D eigenvalue weighted by molar-refractivity contribution is -0.646.